The van der Waals surface area contributed by atoms with Gasteiger partial charge in [-0.25, -0.2) is 0 Å². The molecule has 24 heavy (non-hydrogen) atoms. The smallest absolute Gasteiger partial charge is 0.421 e. The first-order valence-corrected chi connectivity index (χ1v) is 9.14. The van der Waals surface area contributed by atoms with Gasteiger partial charge in [0.15, 0.2) is 0 Å². The number of hydrogen-bond acceptors (Lipinski definition) is 5. The molecule has 10 heteroatoms. The van der Waals surface area contributed by atoms with Gasteiger partial charge in [0.05, 0.1) is 0 Å². The molecule has 2 rings (SSSR count). The van der Waals surface area contributed by atoms with Gasteiger partial charge in [-0.3, -0.25) is 4.79 Å². The largest absolute Gasteiger partial charge is 0.609 e. The fourth-order valence-corrected chi connectivity index (χ4v) is 2.84. The Hall–Kier alpha value is -1.55. The number of aromatic nitrogens is 2. The third kappa shape index (κ3) is 4.97. The molecule has 1 saturated heterocycles. The minimum absolute atomic E-state index is 0.0860. The third-order valence-electron chi connectivity index (χ3n) is 3.65. The first-order valence-electron chi connectivity index (χ1n) is 7.58. The van der Waals surface area contributed by atoms with Gasteiger partial charge in [-0.05, 0) is 19.3 Å². The Morgan fingerprint density at radius 1 is 1.42 bits per heavy atom. The van der Waals surface area contributed by atoms with Gasteiger partial charge in [0.2, 0.25) is 5.91 Å². The van der Waals surface area contributed by atoms with Crippen LogP contribution in [-0.2, 0) is 22.1 Å². The Balaban J connectivity index is 1.97. The van der Waals surface area contributed by atoms with Gasteiger partial charge in [0, 0.05) is 43.4 Å². The first-order chi connectivity index (χ1) is 11.3. The number of nitrogens with zero attached hydrogens (tertiary/aromatic N) is 3. The van der Waals surface area contributed by atoms with E-state index < -0.39 is 22.9 Å². The topological polar surface area (TPSA) is 81.2 Å². The molecule has 1 aromatic rings. The fourth-order valence-electron chi connectivity index (χ4n) is 2.42. The molecule has 0 radical (unpaired) electrons. The van der Waals surface area contributed by atoms with Crippen LogP contribution in [0.5, 0.6) is 0 Å². The van der Waals surface area contributed by atoms with Crippen molar-refractivity contribution in [2.24, 2.45) is 0 Å². The predicted octanol–water partition coefficient (Wildman–Crippen LogP) is 2.05. The van der Waals surface area contributed by atoms with E-state index in [0.717, 1.165) is 12.8 Å². The van der Waals surface area contributed by atoms with Gasteiger partial charge in [-0.1, -0.05) is 0 Å². The highest BCUT2D eigenvalue weighted by atomic mass is 32.2. The lowest BCUT2D eigenvalue weighted by molar-refractivity contribution is -0.137. The zero-order valence-electron chi connectivity index (χ0n) is 13.2. The van der Waals surface area contributed by atoms with Crippen LogP contribution in [0.2, 0.25) is 0 Å². The number of piperidine rings is 1. The monoisotopic (exact) mass is 364 g/mol. The molecule has 1 atom stereocenters. The Labute approximate surface area is 141 Å². The second-order valence-electron chi connectivity index (χ2n) is 5.48. The van der Waals surface area contributed by atoms with Gasteiger partial charge in [-0.2, -0.15) is 23.1 Å². The molecule has 1 fully saturated rings. The molecular weight excluding hydrogens is 345 g/mol. The Morgan fingerprint density at radius 3 is 2.79 bits per heavy atom. The predicted molar refractivity (Wildman–Crippen MR) is 82.9 cm³/mol. The zero-order valence-corrected chi connectivity index (χ0v) is 14.0. The number of carbonyl (C=O) groups is 1. The van der Waals surface area contributed by atoms with Crippen molar-refractivity contribution < 1.29 is 22.5 Å². The SMILES string of the molecule is C[S+]([O-])c1ncc(C(F)(F)F)c(NCCCN2CCCCC2=O)n1. The van der Waals surface area contributed by atoms with Crippen LogP contribution in [0.4, 0.5) is 19.0 Å². The van der Waals surface area contributed by atoms with E-state index in [2.05, 4.69) is 15.3 Å². The van der Waals surface area contributed by atoms with E-state index in [1.165, 1.54) is 6.26 Å². The van der Waals surface area contributed by atoms with E-state index in [9.17, 15) is 22.5 Å². The molecule has 6 nitrogen and oxygen atoms in total. The Kier molecular flexibility index (Phi) is 6.27. The number of nitrogens with one attached hydrogen (secondary N) is 1. The Morgan fingerprint density at radius 2 is 2.17 bits per heavy atom. The van der Waals surface area contributed by atoms with Crippen LogP contribution in [-0.4, -0.2) is 51.2 Å². The molecule has 134 valence electrons. The zero-order chi connectivity index (χ0) is 17.7. The summed E-state index contributed by atoms with van der Waals surface area (Å²) in [6.07, 6.45) is 0.212. The van der Waals surface area contributed by atoms with E-state index in [0.29, 0.717) is 32.1 Å². The number of rotatable bonds is 6. The molecular formula is C14H19F3N4O2S. The standard InChI is InChI=1S/C14H19F3N4O2S/c1-24(23)13-19-9-10(14(15,16)17)12(20-13)18-6-4-8-21-7-3-2-5-11(21)22/h9H,2-8H2,1H3,(H,18,19,20). The van der Waals surface area contributed by atoms with Crippen LogP contribution in [0, 0.1) is 0 Å². The summed E-state index contributed by atoms with van der Waals surface area (Å²) >= 11 is -1.57. The summed E-state index contributed by atoms with van der Waals surface area (Å²) in [4.78, 5) is 20.6. The number of likely N-dealkylation sites (tertiary alicyclic amines) is 1. The molecule has 1 aliphatic heterocycles. The molecule has 1 aliphatic rings. The lowest BCUT2D eigenvalue weighted by Gasteiger charge is -2.26. The van der Waals surface area contributed by atoms with Crippen LogP contribution in [0.15, 0.2) is 11.4 Å². The summed E-state index contributed by atoms with van der Waals surface area (Å²) in [5, 5.41) is 2.47. The van der Waals surface area contributed by atoms with Crippen molar-refractivity contribution in [3.05, 3.63) is 11.8 Å². The number of anilines is 1. The third-order valence-corrected chi connectivity index (χ3v) is 4.36. The highest BCUT2D eigenvalue weighted by molar-refractivity contribution is 7.90. The molecule has 0 aromatic carbocycles. The van der Waals surface area contributed by atoms with Crippen LogP contribution in [0.1, 0.15) is 31.2 Å². The average molecular weight is 364 g/mol. The molecule has 1 N–H and O–H groups in total. The van der Waals surface area contributed by atoms with Crippen molar-refractivity contribution in [3.63, 3.8) is 0 Å². The molecule has 0 spiro atoms. The van der Waals surface area contributed by atoms with E-state index >= 15 is 0 Å². The number of hydrogen-bond donors (Lipinski definition) is 1. The molecule has 0 bridgehead atoms. The summed E-state index contributed by atoms with van der Waals surface area (Å²) in [7, 11) is 0. The first kappa shape index (κ1) is 18.8. The lowest BCUT2D eigenvalue weighted by atomic mass is 10.1. The van der Waals surface area contributed by atoms with Crippen molar-refractivity contribution >= 4 is 22.9 Å². The molecule has 2 heterocycles. The lowest BCUT2D eigenvalue weighted by Crippen LogP contribution is -2.36. The molecule has 0 saturated carbocycles. The maximum absolute atomic E-state index is 13.0. The minimum Gasteiger partial charge on any atom is -0.609 e. The van der Waals surface area contributed by atoms with Crippen molar-refractivity contribution in [1.82, 2.24) is 14.9 Å². The van der Waals surface area contributed by atoms with E-state index in [4.69, 9.17) is 0 Å². The highest BCUT2D eigenvalue weighted by Crippen LogP contribution is 2.33. The van der Waals surface area contributed by atoms with Gasteiger partial charge < -0.3 is 14.8 Å². The average Bonchev–Trinajstić information content (AvgIpc) is 2.52. The van der Waals surface area contributed by atoms with Crippen LogP contribution < -0.4 is 5.32 Å². The van der Waals surface area contributed by atoms with E-state index in [1.54, 1.807) is 4.90 Å². The highest BCUT2D eigenvalue weighted by Gasteiger charge is 2.36. The van der Waals surface area contributed by atoms with E-state index in [-0.39, 0.29) is 23.4 Å². The van der Waals surface area contributed by atoms with Gasteiger partial charge in [-0.15, -0.1) is 0 Å². The van der Waals surface area contributed by atoms with Crippen LogP contribution >= 0.6 is 0 Å². The summed E-state index contributed by atoms with van der Waals surface area (Å²) < 4.78 is 50.3. The molecule has 0 aliphatic carbocycles. The molecule has 1 amide bonds. The van der Waals surface area contributed by atoms with Crippen LogP contribution in [0.25, 0.3) is 0 Å². The van der Waals surface area contributed by atoms with E-state index in [1.807, 2.05) is 0 Å². The number of alkyl halides is 3. The number of carbonyl (C=O) groups excluding carboxylic acids is 1. The van der Waals surface area contributed by atoms with Crippen LogP contribution in [0.3, 0.4) is 0 Å². The Bertz CT molecular complexity index is 584. The number of halogens is 3. The summed E-state index contributed by atoms with van der Waals surface area (Å²) in [5.41, 5.74) is -0.995. The minimum atomic E-state index is -4.60. The quantitative estimate of drug-likeness (QED) is 0.475. The maximum Gasteiger partial charge on any atom is 0.421 e. The molecule has 1 aromatic heterocycles. The molecule has 1 unspecified atom stereocenters. The fraction of sp³-hybridized carbons (Fsp3) is 0.643. The van der Waals surface area contributed by atoms with Gasteiger partial charge >= 0.3 is 11.3 Å². The van der Waals surface area contributed by atoms with Crippen molar-refractivity contribution in [2.45, 2.75) is 37.0 Å². The normalized spacial score (nSPS) is 17.0. The van der Waals surface area contributed by atoms with Crippen molar-refractivity contribution in [1.29, 1.82) is 0 Å². The van der Waals surface area contributed by atoms with Crippen molar-refractivity contribution in [2.75, 3.05) is 31.2 Å². The van der Waals surface area contributed by atoms with Gasteiger partial charge in [0.25, 0.3) is 0 Å². The number of amides is 1. The summed E-state index contributed by atoms with van der Waals surface area (Å²) in [6.45, 7) is 1.41. The second-order valence-corrected chi connectivity index (χ2v) is 6.76. The maximum atomic E-state index is 13.0. The second kappa shape index (κ2) is 8.02. The van der Waals surface area contributed by atoms with Crippen molar-refractivity contribution in [3.8, 4) is 0 Å². The summed E-state index contributed by atoms with van der Waals surface area (Å²) in [6, 6.07) is 0. The summed E-state index contributed by atoms with van der Waals surface area (Å²) in [5.74, 6) is -0.296. The van der Waals surface area contributed by atoms with Gasteiger partial charge in [0.1, 0.15) is 17.6 Å².